The van der Waals surface area contributed by atoms with Gasteiger partial charge in [-0.25, -0.2) is 0 Å². The molecule has 0 aromatic heterocycles. The highest BCUT2D eigenvalue weighted by molar-refractivity contribution is 8.00. The van der Waals surface area contributed by atoms with Crippen molar-refractivity contribution >= 4 is 23.6 Å². The molecule has 1 heterocycles. The van der Waals surface area contributed by atoms with Crippen LogP contribution in [0.2, 0.25) is 0 Å². The number of carbonyl (C=O) groups excluding carboxylic acids is 2. The van der Waals surface area contributed by atoms with Gasteiger partial charge in [0, 0.05) is 11.3 Å². The van der Waals surface area contributed by atoms with Gasteiger partial charge >= 0.3 is 0 Å². The lowest BCUT2D eigenvalue weighted by Gasteiger charge is -2.46. The Kier molecular flexibility index (Phi) is 4.91. The Balaban J connectivity index is 2.27. The summed E-state index contributed by atoms with van der Waals surface area (Å²) in [6.07, 6.45) is 7.78. The highest BCUT2D eigenvalue weighted by atomic mass is 32.2. The predicted octanol–water partition coefficient (Wildman–Crippen LogP) is 2.57. The van der Waals surface area contributed by atoms with E-state index in [1.54, 1.807) is 0 Å². The molecule has 1 unspecified atom stereocenters. The smallest absolute Gasteiger partial charge is 0.249 e. The Labute approximate surface area is 132 Å². The van der Waals surface area contributed by atoms with Gasteiger partial charge in [0.1, 0.15) is 11.6 Å². The highest BCUT2D eigenvalue weighted by Gasteiger charge is 2.52. The highest BCUT2D eigenvalue weighted by Crippen LogP contribution is 2.38. The van der Waals surface area contributed by atoms with Gasteiger partial charge in [-0.15, -0.1) is 0 Å². The predicted molar refractivity (Wildman–Crippen MR) is 87.3 cm³/mol. The van der Waals surface area contributed by atoms with Crippen LogP contribution < -0.4 is 5.32 Å². The van der Waals surface area contributed by atoms with Crippen LogP contribution in [0.15, 0.2) is 0 Å². The average molecular weight is 312 g/mol. The molecule has 0 aromatic rings. The third-order valence-electron chi connectivity index (χ3n) is 5.52. The molecular formula is C16H28N2O2S. The number of thioether (sulfide) groups is 1. The maximum Gasteiger partial charge on any atom is 0.249 e. The van der Waals surface area contributed by atoms with Crippen molar-refractivity contribution in [3.8, 4) is 0 Å². The molecule has 1 spiro atoms. The van der Waals surface area contributed by atoms with E-state index < -0.39 is 5.54 Å². The summed E-state index contributed by atoms with van der Waals surface area (Å²) < 4.78 is 0.0569. The molecule has 0 aromatic carbocycles. The Hall–Kier alpha value is -0.710. The Morgan fingerprint density at radius 1 is 1.29 bits per heavy atom. The van der Waals surface area contributed by atoms with Crippen LogP contribution in [-0.2, 0) is 9.59 Å². The van der Waals surface area contributed by atoms with Crippen molar-refractivity contribution in [1.29, 1.82) is 0 Å². The standard InChI is InChI=1S/C16H28N2O2S/c1-5-15(6-2,21-4)11-18-12(3)13(19)17-16(14(18)20)9-7-8-10-16/h12H,5-11H2,1-4H3,(H,17,19). The Morgan fingerprint density at radius 3 is 2.33 bits per heavy atom. The molecule has 1 aliphatic carbocycles. The first-order valence-corrected chi connectivity index (χ1v) is 9.34. The van der Waals surface area contributed by atoms with Gasteiger partial charge in [0.25, 0.3) is 0 Å². The average Bonchev–Trinajstić information content (AvgIpc) is 2.96. The van der Waals surface area contributed by atoms with E-state index in [-0.39, 0.29) is 22.6 Å². The summed E-state index contributed by atoms with van der Waals surface area (Å²) in [4.78, 5) is 27.2. The summed E-state index contributed by atoms with van der Waals surface area (Å²) in [5.74, 6) is 0.158. The van der Waals surface area contributed by atoms with Crippen LogP contribution in [0, 0.1) is 0 Å². The van der Waals surface area contributed by atoms with E-state index in [2.05, 4.69) is 25.4 Å². The van der Waals surface area contributed by atoms with Crippen LogP contribution in [0.4, 0.5) is 0 Å². The SMILES string of the molecule is CCC(CC)(CN1C(=O)C2(CCCC2)NC(=O)C1C)SC. The first kappa shape index (κ1) is 16.7. The third-order valence-corrected chi connectivity index (χ3v) is 7.09. The number of carbonyl (C=O) groups is 2. The van der Waals surface area contributed by atoms with E-state index in [0.717, 1.165) is 38.5 Å². The molecule has 4 nitrogen and oxygen atoms in total. The molecule has 1 N–H and O–H groups in total. The fourth-order valence-electron chi connectivity index (χ4n) is 3.65. The van der Waals surface area contributed by atoms with Crippen molar-refractivity contribution in [2.24, 2.45) is 0 Å². The van der Waals surface area contributed by atoms with Gasteiger partial charge in [-0.05, 0) is 38.9 Å². The number of nitrogens with zero attached hydrogens (tertiary/aromatic N) is 1. The molecular weight excluding hydrogens is 284 g/mol. The number of rotatable bonds is 5. The first-order valence-electron chi connectivity index (χ1n) is 8.12. The molecule has 1 saturated carbocycles. The van der Waals surface area contributed by atoms with Crippen LogP contribution in [0.1, 0.15) is 59.3 Å². The van der Waals surface area contributed by atoms with Crippen LogP contribution in [0.5, 0.6) is 0 Å². The lowest BCUT2D eigenvalue weighted by Crippen LogP contribution is -2.70. The summed E-state index contributed by atoms with van der Waals surface area (Å²) >= 11 is 1.82. The zero-order valence-corrected chi connectivity index (χ0v) is 14.5. The second kappa shape index (κ2) is 6.19. The maximum absolute atomic E-state index is 13.0. The van der Waals surface area contributed by atoms with E-state index in [9.17, 15) is 9.59 Å². The van der Waals surface area contributed by atoms with Gasteiger partial charge in [-0.2, -0.15) is 11.8 Å². The third kappa shape index (κ3) is 2.81. The van der Waals surface area contributed by atoms with E-state index in [1.165, 1.54) is 0 Å². The largest absolute Gasteiger partial charge is 0.340 e. The first-order chi connectivity index (χ1) is 9.93. The monoisotopic (exact) mass is 312 g/mol. The van der Waals surface area contributed by atoms with Crippen molar-refractivity contribution in [3.63, 3.8) is 0 Å². The molecule has 1 aliphatic heterocycles. The number of hydrogen-bond acceptors (Lipinski definition) is 3. The van der Waals surface area contributed by atoms with E-state index >= 15 is 0 Å². The summed E-state index contributed by atoms with van der Waals surface area (Å²) in [5.41, 5.74) is -0.602. The molecule has 1 atom stereocenters. The quantitative estimate of drug-likeness (QED) is 0.849. The molecule has 2 aliphatic rings. The molecule has 120 valence electrons. The minimum Gasteiger partial charge on any atom is -0.340 e. The Morgan fingerprint density at radius 2 is 1.86 bits per heavy atom. The number of hydrogen-bond donors (Lipinski definition) is 1. The van der Waals surface area contributed by atoms with Crippen LogP contribution in [0.25, 0.3) is 0 Å². The lowest BCUT2D eigenvalue weighted by molar-refractivity contribution is -0.154. The molecule has 0 radical (unpaired) electrons. The van der Waals surface area contributed by atoms with Crippen molar-refractivity contribution in [1.82, 2.24) is 10.2 Å². The number of nitrogens with one attached hydrogen (secondary N) is 1. The van der Waals surface area contributed by atoms with Crippen molar-refractivity contribution in [3.05, 3.63) is 0 Å². The van der Waals surface area contributed by atoms with E-state index in [0.29, 0.717) is 6.54 Å². The molecule has 5 heteroatoms. The maximum atomic E-state index is 13.0. The molecule has 0 bridgehead atoms. The molecule has 2 amide bonds. The van der Waals surface area contributed by atoms with Crippen molar-refractivity contribution in [2.75, 3.05) is 12.8 Å². The molecule has 2 fully saturated rings. The summed E-state index contributed by atoms with van der Waals surface area (Å²) in [6.45, 7) is 6.87. The molecule has 2 rings (SSSR count). The van der Waals surface area contributed by atoms with Gasteiger partial charge in [0.05, 0.1) is 0 Å². The van der Waals surface area contributed by atoms with Gasteiger partial charge in [-0.3, -0.25) is 9.59 Å². The van der Waals surface area contributed by atoms with Gasteiger partial charge in [0.15, 0.2) is 0 Å². The molecule has 1 saturated heterocycles. The second-order valence-corrected chi connectivity index (χ2v) is 7.76. The second-order valence-electron chi connectivity index (χ2n) is 6.48. The van der Waals surface area contributed by atoms with Crippen LogP contribution in [-0.4, -0.2) is 45.8 Å². The van der Waals surface area contributed by atoms with Crippen LogP contribution in [0.3, 0.4) is 0 Å². The van der Waals surface area contributed by atoms with E-state index in [4.69, 9.17) is 0 Å². The van der Waals surface area contributed by atoms with Gasteiger partial charge < -0.3 is 10.2 Å². The Bertz CT molecular complexity index is 406. The van der Waals surface area contributed by atoms with Crippen molar-refractivity contribution in [2.45, 2.75) is 75.6 Å². The topological polar surface area (TPSA) is 49.4 Å². The zero-order valence-electron chi connectivity index (χ0n) is 13.7. The van der Waals surface area contributed by atoms with Gasteiger partial charge in [-0.1, -0.05) is 26.7 Å². The van der Waals surface area contributed by atoms with Gasteiger partial charge in [0.2, 0.25) is 11.8 Å². The fraction of sp³-hybridized carbons (Fsp3) is 0.875. The summed E-state index contributed by atoms with van der Waals surface area (Å²) in [7, 11) is 0. The minimum absolute atomic E-state index is 0.0127. The van der Waals surface area contributed by atoms with Crippen molar-refractivity contribution < 1.29 is 9.59 Å². The number of amides is 2. The fourth-order valence-corrected chi connectivity index (χ4v) is 4.50. The normalized spacial score (nSPS) is 25.5. The zero-order chi connectivity index (χ0) is 15.7. The minimum atomic E-state index is -0.602. The lowest BCUT2D eigenvalue weighted by atomic mass is 9.89. The van der Waals surface area contributed by atoms with E-state index in [1.807, 2.05) is 23.6 Å². The van der Waals surface area contributed by atoms with Crippen LogP contribution >= 0.6 is 11.8 Å². The summed E-state index contributed by atoms with van der Waals surface area (Å²) in [6, 6.07) is -0.353. The summed E-state index contributed by atoms with van der Waals surface area (Å²) in [5, 5.41) is 3.02. The number of piperazine rings is 1. The molecule has 21 heavy (non-hydrogen) atoms.